The molecule has 0 amide bonds. The van der Waals surface area contributed by atoms with Gasteiger partial charge >= 0.3 is 89.5 Å². The molecule has 0 aliphatic heterocycles. The first-order chi connectivity index (χ1) is 43.9. The Morgan fingerprint density at radius 2 is 0.500 bits per heavy atom. The molecule has 0 saturated carbocycles. The van der Waals surface area contributed by atoms with E-state index in [4.69, 9.17) is 25.7 Å². The summed E-state index contributed by atoms with van der Waals surface area (Å²) in [5.74, 6) is 9.75. The van der Waals surface area contributed by atoms with E-state index < -0.39 is 0 Å². The normalized spacial score (nSPS) is 11.6. The van der Waals surface area contributed by atoms with E-state index in [0.717, 1.165) is 47.9 Å². The Morgan fingerprint density at radius 1 is 0.255 bits per heavy atom. The average Bonchev–Trinajstić information content (AvgIpc) is 1.67. The van der Waals surface area contributed by atoms with E-state index in [1.54, 1.807) is 10.6 Å². The molecular formula is C86H84Au4P4+4. The molecule has 0 N–H and O–H groups in total. The van der Waals surface area contributed by atoms with Gasteiger partial charge in [0.2, 0.25) is 0 Å². The molecule has 0 nitrogen and oxygen atoms in total. The summed E-state index contributed by atoms with van der Waals surface area (Å²) in [4.78, 5) is 0. The molecule has 10 aromatic rings. The Kier molecular flexibility index (Phi) is 35.1. The Morgan fingerprint density at radius 3 is 0.819 bits per heavy atom. The Bertz CT molecular complexity index is 3890. The van der Waals surface area contributed by atoms with Gasteiger partial charge in [-0.2, -0.15) is 0 Å². The van der Waals surface area contributed by atoms with Crippen LogP contribution >= 0.6 is 31.7 Å². The van der Waals surface area contributed by atoms with Crippen LogP contribution in [0.3, 0.4) is 0 Å². The van der Waals surface area contributed by atoms with E-state index in [-0.39, 0.29) is 121 Å². The van der Waals surface area contributed by atoms with Gasteiger partial charge in [0.1, 0.15) is 0 Å². The zero-order valence-electron chi connectivity index (χ0n) is 54.6. The molecule has 2 unspecified atom stereocenters. The minimum atomic E-state index is -0.318. The van der Waals surface area contributed by atoms with Crippen LogP contribution in [0.25, 0.3) is 44.5 Å². The molecule has 488 valence electrons. The third-order valence-electron chi connectivity index (χ3n) is 17.3. The van der Waals surface area contributed by atoms with Crippen molar-refractivity contribution in [2.75, 3.05) is 64.6 Å². The molecule has 8 heteroatoms. The summed E-state index contributed by atoms with van der Waals surface area (Å²) in [6, 6.07) is 80.4. The van der Waals surface area contributed by atoms with Crippen molar-refractivity contribution >= 4 is 42.3 Å². The predicted octanol–water partition coefficient (Wildman–Crippen LogP) is 19.6. The molecule has 4 aliphatic carbocycles. The number of rotatable bonds is 12. The van der Waals surface area contributed by atoms with Crippen molar-refractivity contribution in [3.8, 4) is 68.2 Å². The third kappa shape index (κ3) is 22.6. The van der Waals surface area contributed by atoms with Crippen LogP contribution < -0.4 is 10.6 Å². The van der Waals surface area contributed by atoms with Gasteiger partial charge in [-0.05, 0) is 175 Å². The van der Waals surface area contributed by atoms with E-state index in [2.05, 4.69) is 252 Å². The van der Waals surface area contributed by atoms with Crippen LogP contribution in [0.4, 0.5) is 0 Å². The summed E-state index contributed by atoms with van der Waals surface area (Å²) >= 11 is 0. The fraction of sp³-hybridized carbons (Fsp3) is 0.209. The van der Waals surface area contributed by atoms with E-state index in [0.29, 0.717) is 0 Å². The SMILES string of the molecule is C[PH+](C)CCCC[PH+](C)C.C[PH+](CCCC[PH+](C)c1ccccc1)c1ccccc1.[Au+].[Au+].[Au+].[Au+].[C-]#Cc1ccc2c(c1)-c1ccccc1C2.[C-]#Cc1ccc2c(c1)-c1ccccc1C2.[C-]#Cc1ccc2c(c1)-c1ccccc1C2.[C-]#Cc1ccc2c(c1)Cc1ccccc1-2. The molecule has 2 atom stereocenters. The van der Waals surface area contributed by atoms with Gasteiger partial charge < -0.3 is 25.7 Å². The maximum absolute atomic E-state index is 7.14. The predicted molar refractivity (Wildman–Crippen MR) is 403 cm³/mol. The van der Waals surface area contributed by atoms with Crippen LogP contribution in [0.2, 0.25) is 0 Å². The van der Waals surface area contributed by atoms with E-state index in [1.807, 2.05) is 42.5 Å². The van der Waals surface area contributed by atoms with Gasteiger partial charge in [-0.15, -0.1) is 70.8 Å². The first kappa shape index (κ1) is 79.8. The van der Waals surface area contributed by atoms with Gasteiger partial charge in [0.25, 0.3) is 0 Å². The fourth-order valence-electron chi connectivity index (χ4n) is 12.3. The van der Waals surface area contributed by atoms with Crippen LogP contribution in [-0.4, -0.2) is 64.6 Å². The number of hydrogen-bond acceptors (Lipinski definition) is 0. The molecular weight excluding hydrogens is 1940 g/mol. The summed E-state index contributed by atoms with van der Waals surface area (Å²) in [5, 5.41) is 3.17. The first-order valence-electron chi connectivity index (χ1n) is 31.8. The largest absolute Gasteiger partial charge is 1.00 e. The minimum absolute atomic E-state index is 0. The summed E-state index contributed by atoms with van der Waals surface area (Å²) in [6.07, 6.45) is 44.3. The third-order valence-corrected chi connectivity index (χ3v) is 24.8. The van der Waals surface area contributed by atoms with Crippen LogP contribution in [0, 0.1) is 49.4 Å². The van der Waals surface area contributed by atoms with E-state index in [9.17, 15) is 0 Å². The molecule has 10 aromatic carbocycles. The molecule has 14 rings (SSSR count). The molecule has 0 radical (unpaired) electrons. The summed E-state index contributed by atoms with van der Waals surface area (Å²) in [6.45, 7) is 14.6. The van der Waals surface area contributed by atoms with Crippen LogP contribution in [0.1, 0.15) is 92.4 Å². The zero-order valence-corrected chi connectivity index (χ0v) is 67.3. The van der Waals surface area contributed by atoms with Crippen LogP contribution in [0.5, 0.6) is 0 Å². The average molecular weight is 2030 g/mol. The first-order valence-corrected chi connectivity index (χ1v) is 41.7. The second-order valence-electron chi connectivity index (χ2n) is 24.4. The molecule has 94 heavy (non-hydrogen) atoms. The molecule has 0 heterocycles. The number of benzene rings is 10. The van der Waals surface area contributed by atoms with Crippen molar-refractivity contribution in [2.45, 2.75) is 51.4 Å². The van der Waals surface area contributed by atoms with Crippen molar-refractivity contribution in [1.29, 1.82) is 0 Å². The molecule has 0 aromatic heterocycles. The monoisotopic (exact) mass is 2030 g/mol. The molecule has 4 aliphatic rings. The maximum Gasteiger partial charge on any atom is 1.00 e. The van der Waals surface area contributed by atoms with Crippen molar-refractivity contribution in [2.24, 2.45) is 0 Å². The molecule has 0 saturated heterocycles. The summed E-state index contributed by atoms with van der Waals surface area (Å²) in [7, 11) is -0.478. The smallest absolute Gasteiger partial charge is 0.366 e. The van der Waals surface area contributed by atoms with Gasteiger partial charge in [0.05, 0.1) is 48.6 Å². The Hall–Kier alpha value is -4.88. The number of fused-ring (bicyclic) bond motifs is 12. The number of hydrogen-bond donors (Lipinski definition) is 0. The van der Waals surface area contributed by atoms with Crippen molar-refractivity contribution < 1.29 is 89.5 Å². The fourth-order valence-corrected chi connectivity index (χ4v) is 17.9. The Labute approximate surface area is 632 Å². The van der Waals surface area contributed by atoms with Gasteiger partial charge in [0.15, 0.2) is 0 Å². The standard InChI is InChI=1S/C18H24P2.4C15H9.C8H20P2.4Au/c1-19(17-11-5-3-6-12-17)15-9-10-16-20(2)18-13-7-4-8-14-18;1-2-11-7-8-15-13(9-11)10-12-5-3-4-6-14(12)15;3*1-2-11-7-8-13-10-12-5-3-4-6-14(12)15(13)9-11;1-9(2)7-5-6-8-10(3)4;;;;/h3-8,11-14H,9-10,15-16H2,1-2H3;4*3-9H,10H2;5-8H2,1-4H3;;;;/q;4*-1;;4*+1/p+4. The van der Waals surface area contributed by atoms with Gasteiger partial charge in [-0.3, -0.25) is 23.7 Å². The molecule has 0 fully saturated rings. The van der Waals surface area contributed by atoms with Crippen molar-refractivity contribution in [3.05, 3.63) is 323 Å². The minimum Gasteiger partial charge on any atom is -0.366 e. The quantitative estimate of drug-likeness (QED) is 0.0376. The van der Waals surface area contributed by atoms with Crippen LogP contribution in [0.15, 0.2) is 231 Å². The second-order valence-corrected chi connectivity index (χ2v) is 35.5. The molecule has 0 spiro atoms. The zero-order chi connectivity index (χ0) is 63.2. The Balaban J connectivity index is 0.000000204. The molecule has 0 bridgehead atoms. The topological polar surface area (TPSA) is 0 Å². The van der Waals surface area contributed by atoms with Gasteiger partial charge in [-0.25, -0.2) is 0 Å². The van der Waals surface area contributed by atoms with E-state index in [1.165, 1.54) is 139 Å². The summed E-state index contributed by atoms with van der Waals surface area (Å²) in [5.41, 5.74) is 24.7. The van der Waals surface area contributed by atoms with E-state index >= 15 is 0 Å². The van der Waals surface area contributed by atoms with Gasteiger partial charge in [0, 0.05) is 42.5 Å². The maximum atomic E-state index is 7.14. The van der Waals surface area contributed by atoms with Crippen LogP contribution in [-0.2, 0) is 115 Å². The van der Waals surface area contributed by atoms with Gasteiger partial charge in [-0.1, -0.05) is 163 Å². The number of unbranched alkanes of at least 4 members (excludes halogenated alkanes) is 2. The van der Waals surface area contributed by atoms with Crippen molar-refractivity contribution in [3.63, 3.8) is 0 Å². The second kappa shape index (κ2) is 41.4. The summed E-state index contributed by atoms with van der Waals surface area (Å²) < 4.78 is 0. The van der Waals surface area contributed by atoms with Crippen molar-refractivity contribution in [1.82, 2.24) is 0 Å².